The maximum absolute atomic E-state index is 5.56. The summed E-state index contributed by atoms with van der Waals surface area (Å²) in [5, 5.41) is 4.01. The van der Waals surface area contributed by atoms with Gasteiger partial charge >= 0.3 is 29.6 Å². The summed E-state index contributed by atoms with van der Waals surface area (Å²) in [7, 11) is 0. The maximum Gasteiger partial charge on any atom is 1.00 e. The topological polar surface area (TPSA) is 98.8 Å². The Morgan fingerprint density at radius 3 is 1.71 bits per heavy atom. The van der Waals surface area contributed by atoms with Gasteiger partial charge < -0.3 is 17.2 Å². The van der Waals surface area contributed by atoms with Gasteiger partial charge in [-0.3, -0.25) is 0 Å². The Morgan fingerprint density at radius 1 is 1.04 bits per heavy atom. The molecular weight excluding hydrogens is 525 g/mol. The van der Waals surface area contributed by atoms with Gasteiger partial charge in [0.15, 0.2) is 0 Å². The second-order valence-corrected chi connectivity index (χ2v) is 7.00. The van der Waals surface area contributed by atoms with Gasteiger partial charge in [-0.05, 0) is 24.2 Å². The molecule has 3 heterocycles. The summed E-state index contributed by atoms with van der Waals surface area (Å²) in [6.07, 6.45) is 8.58. The normalized spacial score (nSPS) is 10.9. The van der Waals surface area contributed by atoms with Crippen molar-refractivity contribution in [3.8, 4) is 0 Å². The van der Waals surface area contributed by atoms with Crippen molar-refractivity contribution in [3.63, 3.8) is 0 Å². The van der Waals surface area contributed by atoms with Gasteiger partial charge in [0.1, 0.15) is 0 Å². The average molecular weight is 555 g/mol. The fraction of sp³-hybridized carbons (Fsp3) is 0.529. The van der Waals surface area contributed by atoms with Crippen LogP contribution in [0.15, 0.2) is 24.8 Å². The first kappa shape index (κ1) is 32.7. The number of nitrogens with one attached hydrogen (secondary N) is 1. The number of alkyl halides is 1. The zero-order valence-electron chi connectivity index (χ0n) is 17.0. The molecule has 1 aliphatic heterocycles. The van der Waals surface area contributed by atoms with E-state index in [4.69, 9.17) is 33.7 Å². The van der Waals surface area contributed by atoms with E-state index in [0.717, 1.165) is 19.8 Å². The van der Waals surface area contributed by atoms with Crippen LogP contribution in [0, 0.1) is 0 Å². The zero-order chi connectivity index (χ0) is 19.6. The van der Waals surface area contributed by atoms with Crippen LogP contribution in [0.25, 0.3) is 0 Å². The van der Waals surface area contributed by atoms with Crippen molar-refractivity contribution >= 4 is 57.7 Å². The second-order valence-electron chi connectivity index (χ2n) is 4.60. The summed E-state index contributed by atoms with van der Waals surface area (Å²) in [6, 6.07) is 0. The van der Waals surface area contributed by atoms with Crippen molar-refractivity contribution in [2.75, 3.05) is 35.2 Å². The number of nitrogens with zero attached hydrogens (tertiary/aromatic N) is 4. The number of halogens is 3. The van der Waals surface area contributed by atoms with Crippen molar-refractivity contribution in [1.82, 2.24) is 19.9 Å². The first-order chi connectivity index (χ1) is 12.5. The first-order valence-corrected chi connectivity index (χ1v) is 10.4. The summed E-state index contributed by atoms with van der Waals surface area (Å²) in [5.74, 6) is 0.862. The zero-order valence-corrected chi connectivity index (χ0v) is 21.6. The number of rotatable bonds is 2. The number of hydrogen-bond donors (Lipinski definition) is 2. The number of nitrogens with two attached hydrogens (primary N) is 1. The van der Waals surface area contributed by atoms with Crippen LogP contribution in [0.2, 0.25) is 10.0 Å². The molecule has 3 N–H and O–H groups in total. The van der Waals surface area contributed by atoms with Gasteiger partial charge in [0.25, 0.3) is 0 Å². The number of aromatic nitrogens is 4. The van der Waals surface area contributed by atoms with E-state index in [2.05, 4.69) is 54.8 Å². The van der Waals surface area contributed by atoms with E-state index in [1.165, 1.54) is 29.7 Å². The van der Waals surface area contributed by atoms with E-state index in [-0.39, 0.29) is 44.4 Å². The largest absolute Gasteiger partial charge is 1.00 e. The number of hydrogen-bond acceptors (Lipinski definition) is 7. The molecule has 0 bridgehead atoms. The van der Waals surface area contributed by atoms with Gasteiger partial charge in [-0.25, -0.2) is 19.9 Å². The van der Waals surface area contributed by atoms with E-state index in [9.17, 15) is 0 Å². The van der Waals surface area contributed by atoms with Gasteiger partial charge in [-0.2, -0.15) is 0 Å². The van der Waals surface area contributed by atoms with Crippen LogP contribution in [-0.4, -0.2) is 44.1 Å². The number of nitrogen functional groups attached to an aromatic ring is 1. The standard InChI is InChI=1S/C6H8ClN3.C4H4ClN3.C4H8O.C2H5I.CH4.Na.H/c1-2-8-6-9-3-5(7)4-10-6;5-3-1-7-4(6)8-2-3;1-2-4-5-3-1;1-2-3;;;/h3-4H,2H2,1H3,(H,8,9,10);1-2H,(H2,6,7,8);1-4H2;2H2,1H3;1H4;;/q;;;;;+1;-1. The number of anilines is 2. The molecule has 0 aliphatic carbocycles. The third-order valence-corrected chi connectivity index (χ3v) is 2.81. The van der Waals surface area contributed by atoms with Crippen molar-refractivity contribution in [1.29, 1.82) is 0 Å². The van der Waals surface area contributed by atoms with E-state index in [1.54, 1.807) is 12.4 Å². The molecule has 1 fully saturated rings. The predicted molar refractivity (Wildman–Crippen MR) is 125 cm³/mol. The Bertz CT molecular complexity index is 540. The van der Waals surface area contributed by atoms with E-state index >= 15 is 0 Å². The smallest absolute Gasteiger partial charge is 1.00 e. The molecule has 0 amide bonds. The van der Waals surface area contributed by atoms with Gasteiger partial charge in [-0.15, -0.1) is 0 Å². The molecule has 0 spiro atoms. The van der Waals surface area contributed by atoms with E-state index < -0.39 is 0 Å². The summed E-state index contributed by atoms with van der Waals surface area (Å²) < 4.78 is 6.16. The van der Waals surface area contributed by atoms with Crippen LogP contribution >= 0.6 is 45.8 Å². The summed E-state index contributed by atoms with van der Waals surface area (Å²) in [6.45, 7) is 6.92. The molecular formula is C17H30Cl2IN6NaO. The Labute approximate surface area is 215 Å². The summed E-state index contributed by atoms with van der Waals surface area (Å²) in [5.41, 5.74) is 5.15. The number of ether oxygens (including phenoxy) is 1. The van der Waals surface area contributed by atoms with Crippen LogP contribution in [0.3, 0.4) is 0 Å². The molecule has 156 valence electrons. The van der Waals surface area contributed by atoms with Gasteiger partial charge in [0.2, 0.25) is 11.9 Å². The summed E-state index contributed by atoms with van der Waals surface area (Å²) >= 11 is 13.3. The predicted octanol–water partition coefficient (Wildman–Crippen LogP) is 2.26. The molecule has 0 aromatic carbocycles. The Morgan fingerprint density at radius 2 is 1.43 bits per heavy atom. The fourth-order valence-electron chi connectivity index (χ4n) is 1.39. The SMILES string of the molecule is C.C1CCOC1.CCI.CCNc1ncc(Cl)cn1.Nc1ncc(Cl)cn1.[H-].[Na+]. The van der Waals surface area contributed by atoms with Gasteiger partial charge in [-0.1, -0.05) is 60.1 Å². The third-order valence-electron chi connectivity index (χ3n) is 2.42. The minimum absolute atomic E-state index is 0. The molecule has 1 aliphatic rings. The monoisotopic (exact) mass is 554 g/mol. The van der Waals surface area contributed by atoms with Crippen molar-refractivity contribution < 1.29 is 35.7 Å². The maximum atomic E-state index is 5.56. The Hall–Kier alpha value is 0.0300. The minimum Gasteiger partial charge on any atom is -1.00 e. The third kappa shape index (κ3) is 20.8. The van der Waals surface area contributed by atoms with E-state index in [1.807, 2.05) is 6.92 Å². The fourth-order valence-corrected chi connectivity index (χ4v) is 1.59. The molecule has 11 heteroatoms. The molecule has 0 atom stereocenters. The second kappa shape index (κ2) is 23.3. The van der Waals surface area contributed by atoms with Gasteiger partial charge in [0.05, 0.1) is 34.8 Å². The molecule has 7 nitrogen and oxygen atoms in total. The van der Waals surface area contributed by atoms with Gasteiger partial charge in [0, 0.05) is 19.8 Å². The van der Waals surface area contributed by atoms with E-state index in [0.29, 0.717) is 16.0 Å². The van der Waals surface area contributed by atoms with Crippen molar-refractivity contribution in [3.05, 3.63) is 34.8 Å². The van der Waals surface area contributed by atoms with Crippen LogP contribution in [0.5, 0.6) is 0 Å². The molecule has 0 saturated carbocycles. The molecule has 1 saturated heterocycles. The molecule has 3 rings (SSSR count). The van der Waals surface area contributed by atoms with Crippen LogP contribution in [0.4, 0.5) is 11.9 Å². The Balaban J connectivity index is -0.000000149. The van der Waals surface area contributed by atoms with Crippen LogP contribution < -0.4 is 40.6 Å². The molecule has 2 aromatic heterocycles. The molecule has 0 unspecified atom stereocenters. The van der Waals surface area contributed by atoms with Crippen LogP contribution in [-0.2, 0) is 4.74 Å². The van der Waals surface area contributed by atoms with Crippen molar-refractivity contribution in [2.45, 2.75) is 34.1 Å². The molecule has 0 radical (unpaired) electrons. The quantitative estimate of drug-likeness (QED) is 0.334. The molecule has 28 heavy (non-hydrogen) atoms. The van der Waals surface area contributed by atoms with Crippen LogP contribution in [0.1, 0.15) is 35.5 Å². The average Bonchev–Trinajstić information content (AvgIpc) is 3.21. The minimum atomic E-state index is 0. The Kier molecular flexibility index (Phi) is 27.2. The first-order valence-electron chi connectivity index (χ1n) is 8.11. The summed E-state index contributed by atoms with van der Waals surface area (Å²) in [4.78, 5) is 15.1. The molecule has 2 aromatic rings. The van der Waals surface area contributed by atoms with Crippen molar-refractivity contribution in [2.24, 2.45) is 0 Å².